The van der Waals surface area contributed by atoms with Crippen LogP contribution in [-0.2, 0) is 6.18 Å². The molecule has 2 aromatic rings. The molecule has 2 aromatic carbocycles. The lowest BCUT2D eigenvalue weighted by Crippen LogP contribution is -2.13. The molecule has 0 aliphatic carbocycles. The molecular weight excluding hydrogens is 361 g/mol. The highest BCUT2D eigenvalue weighted by Crippen LogP contribution is 2.33. The van der Waals surface area contributed by atoms with E-state index >= 15 is 0 Å². The molecule has 136 valence electrons. The van der Waals surface area contributed by atoms with Crippen LogP contribution in [0.1, 0.15) is 21.5 Å². The van der Waals surface area contributed by atoms with Gasteiger partial charge in [0.15, 0.2) is 0 Å². The number of non-ortho nitro benzene ring substituents is 1. The highest BCUT2D eigenvalue weighted by molar-refractivity contribution is 5.92. The van der Waals surface area contributed by atoms with Gasteiger partial charge in [-0.1, -0.05) is 0 Å². The van der Waals surface area contributed by atoms with Crippen LogP contribution in [0.5, 0.6) is 5.75 Å². The van der Waals surface area contributed by atoms with Gasteiger partial charge in [0.25, 0.3) is 5.69 Å². The number of hydrogen-bond acceptors (Lipinski definition) is 6. The number of halogens is 3. The summed E-state index contributed by atoms with van der Waals surface area (Å²) in [7, 11) is 0. The summed E-state index contributed by atoms with van der Waals surface area (Å²) in [6.45, 7) is 1.33. The van der Waals surface area contributed by atoms with E-state index in [9.17, 15) is 38.2 Å². The molecular formula is C15H9F3N2O6. The number of rotatable bonds is 4. The number of alkyl halides is 3. The van der Waals surface area contributed by atoms with Gasteiger partial charge in [-0.15, -0.1) is 0 Å². The third-order valence-corrected chi connectivity index (χ3v) is 3.19. The van der Waals surface area contributed by atoms with Crippen molar-refractivity contribution in [3.8, 4) is 5.75 Å². The van der Waals surface area contributed by atoms with Gasteiger partial charge in [-0.3, -0.25) is 20.2 Å². The Morgan fingerprint density at radius 3 is 2.23 bits per heavy atom. The van der Waals surface area contributed by atoms with Crippen molar-refractivity contribution in [2.24, 2.45) is 0 Å². The summed E-state index contributed by atoms with van der Waals surface area (Å²) in [6, 6.07) is 4.77. The Morgan fingerprint density at radius 1 is 1.04 bits per heavy atom. The van der Waals surface area contributed by atoms with Crippen LogP contribution in [-0.4, -0.2) is 15.8 Å². The minimum absolute atomic E-state index is 0.130. The molecule has 0 unspecified atom stereocenters. The molecule has 0 radical (unpaired) electrons. The Balaban J connectivity index is 2.40. The molecule has 0 fully saturated rings. The van der Waals surface area contributed by atoms with E-state index in [0.717, 1.165) is 24.3 Å². The van der Waals surface area contributed by atoms with Crippen LogP contribution in [0.4, 0.5) is 24.5 Å². The lowest BCUT2D eigenvalue weighted by molar-refractivity contribution is -0.394. The molecule has 8 nitrogen and oxygen atoms in total. The second-order valence-electron chi connectivity index (χ2n) is 5.14. The zero-order valence-corrected chi connectivity index (χ0v) is 12.9. The first-order valence-corrected chi connectivity index (χ1v) is 6.83. The minimum Gasteiger partial charge on any atom is -0.416 e. The van der Waals surface area contributed by atoms with Gasteiger partial charge in [-0.05, 0) is 36.8 Å². The van der Waals surface area contributed by atoms with E-state index in [1.54, 1.807) is 0 Å². The van der Waals surface area contributed by atoms with Crippen LogP contribution in [0, 0.1) is 27.2 Å². The van der Waals surface area contributed by atoms with E-state index in [1.165, 1.54) is 6.92 Å². The number of benzene rings is 2. The molecule has 0 aliphatic heterocycles. The second-order valence-corrected chi connectivity index (χ2v) is 5.14. The Bertz CT molecular complexity index is 911. The molecule has 0 saturated carbocycles. The van der Waals surface area contributed by atoms with Crippen LogP contribution in [0.3, 0.4) is 0 Å². The van der Waals surface area contributed by atoms with Crippen molar-refractivity contribution < 1.29 is 32.5 Å². The van der Waals surface area contributed by atoms with Gasteiger partial charge in [0, 0.05) is 6.07 Å². The maximum Gasteiger partial charge on any atom is 0.416 e. The minimum atomic E-state index is -4.69. The Morgan fingerprint density at radius 2 is 1.69 bits per heavy atom. The molecule has 0 bridgehead atoms. The average Bonchev–Trinajstić information content (AvgIpc) is 2.53. The van der Waals surface area contributed by atoms with Crippen molar-refractivity contribution in [1.82, 2.24) is 0 Å². The van der Waals surface area contributed by atoms with Gasteiger partial charge >= 0.3 is 17.8 Å². The maximum atomic E-state index is 12.8. The maximum absolute atomic E-state index is 12.8. The SMILES string of the molecule is Cc1cc(C(=O)Oc2ccc([N+](=O)[O-])cc2[N+](=O)[O-])cc(C(F)(F)F)c1. The van der Waals surface area contributed by atoms with Gasteiger partial charge in [-0.25, -0.2) is 4.79 Å². The molecule has 0 amide bonds. The topological polar surface area (TPSA) is 113 Å². The van der Waals surface area contributed by atoms with Gasteiger partial charge in [0.05, 0.1) is 27.0 Å². The number of carbonyl (C=O) groups excluding carboxylic acids is 1. The monoisotopic (exact) mass is 370 g/mol. The van der Waals surface area contributed by atoms with Crippen LogP contribution in [0.15, 0.2) is 36.4 Å². The first-order chi connectivity index (χ1) is 12.0. The van der Waals surface area contributed by atoms with E-state index in [1.807, 2.05) is 0 Å². The van der Waals surface area contributed by atoms with Crippen molar-refractivity contribution in [3.63, 3.8) is 0 Å². The lowest BCUT2D eigenvalue weighted by atomic mass is 10.1. The number of aryl methyl sites for hydroxylation is 1. The number of esters is 1. The zero-order chi connectivity index (χ0) is 19.6. The molecule has 0 aromatic heterocycles. The molecule has 2 rings (SSSR count). The van der Waals surface area contributed by atoms with Crippen molar-refractivity contribution in [1.29, 1.82) is 0 Å². The Hall–Kier alpha value is -3.50. The molecule has 0 atom stereocenters. The fourth-order valence-electron chi connectivity index (χ4n) is 2.07. The zero-order valence-electron chi connectivity index (χ0n) is 12.9. The largest absolute Gasteiger partial charge is 0.416 e. The summed E-state index contributed by atoms with van der Waals surface area (Å²) < 4.78 is 43.2. The van der Waals surface area contributed by atoms with Crippen molar-refractivity contribution in [2.75, 3.05) is 0 Å². The van der Waals surface area contributed by atoms with Gasteiger partial charge in [0.2, 0.25) is 5.75 Å². The van der Waals surface area contributed by atoms with Gasteiger partial charge in [-0.2, -0.15) is 13.2 Å². The van der Waals surface area contributed by atoms with E-state index in [-0.39, 0.29) is 5.56 Å². The summed E-state index contributed by atoms with van der Waals surface area (Å²) in [5, 5.41) is 21.7. The number of nitro benzene ring substituents is 2. The fraction of sp³-hybridized carbons (Fsp3) is 0.133. The van der Waals surface area contributed by atoms with E-state index < -0.39 is 50.2 Å². The van der Waals surface area contributed by atoms with E-state index in [0.29, 0.717) is 12.1 Å². The van der Waals surface area contributed by atoms with E-state index in [4.69, 9.17) is 4.74 Å². The first kappa shape index (κ1) is 18.8. The van der Waals surface area contributed by atoms with Crippen molar-refractivity contribution in [3.05, 3.63) is 73.3 Å². The summed E-state index contributed by atoms with van der Waals surface area (Å²) >= 11 is 0. The number of nitro groups is 2. The third-order valence-electron chi connectivity index (χ3n) is 3.19. The summed E-state index contributed by atoms with van der Waals surface area (Å²) in [4.78, 5) is 31.9. The van der Waals surface area contributed by atoms with Crippen molar-refractivity contribution >= 4 is 17.3 Å². The summed E-state index contributed by atoms with van der Waals surface area (Å²) in [5.41, 5.74) is -2.89. The number of nitrogens with zero attached hydrogens (tertiary/aromatic N) is 2. The molecule has 0 saturated heterocycles. The average molecular weight is 370 g/mol. The number of carbonyl (C=O) groups is 1. The Labute approximate surface area is 143 Å². The predicted molar refractivity (Wildman–Crippen MR) is 80.9 cm³/mol. The van der Waals surface area contributed by atoms with Crippen LogP contribution in [0.2, 0.25) is 0 Å². The highest BCUT2D eigenvalue weighted by atomic mass is 19.4. The fourth-order valence-corrected chi connectivity index (χ4v) is 2.07. The molecule has 0 aliphatic rings. The molecule has 0 spiro atoms. The quantitative estimate of drug-likeness (QED) is 0.347. The normalized spacial score (nSPS) is 11.1. The predicted octanol–water partition coefficient (Wildman–Crippen LogP) is 4.05. The van der Waals surface area contributed by atoms with Gasteiger partial charge < -0.3 is 4.74 Å². The summed E-state index contributed by atoms with van der Waals surface area (Å²) in [5.74, 6) is -1.89. The number of ether oxygens (including phenoxy) is 1. The standard InChI is InChI=1S/C15H9F3N2O6/c1-8-4-9(6-10(5-8)15(16,17)18)14(21)26-13-3-2-11(19(22)23)7-12(13)20(24)25/h2-7H,1H3. The van der Waals surface area contributed by atoms with Gasteiger partial charge in [0.1, 0.15) is 0 Å². The lowest BCUT2D eigenvalue weighted by Gasteiger charge is -2.10. The Kier molecular flexibility index (Phi) is 4.91. The van der Waals surface area contributed by atoms with Crippen LogP contribution >= 0.6 is 0 Å². The van der Waals surface area contributed by atoms with E-state index in [2.05, 4.69) is 0 Å². The van der Waals surface area contributed by atoms with Crippen LogP contribution < -0.4 is 4.74 Å². The highest BCUT2D eigenvalue weighted by Gasteiger charge is 2.32. The molecule has 0 N–H and O–H groups in total. The first-order valence-electron chi connectivity index (χ1n) is 6.83. The molecule has 11 heteroatoms. The molecule has 0 heterocycles. The van der Waals surface area contributed by atoms with Crippen LogP contribution in [0.25, 0.3) is 0 Å². The third kappa shape index (κ3) is 4.12. The van der Waals surface area contributed by atoms with Crippen molar-refractivity contribution in [2.45, 2.75) is 13.1 Å². The summed E-state index contributed by atoms with van der Waals surface area (Å²) in [6.07, 6.45) is -4.69. The smallest absolute Gasteiger partial charge is 0.416 e. The molecule has 26 heavy (non-hydrogen) atoms. The second kappa shape index (κ2) is 6.78. The number of hydrogen-bond donors (Lipinski definition) is 0.